The highest BCUT2D eigenvalue weighted by molar-refractivity contribution is 7.13. The van der Waals surface area contributed by atoms with Gasteiger partial charge in [0.25, 0.3) is 5.56 Å². The van der Waals surface area contributed by atoms with Crippen LogP contribution in [0.15, 0.2) is 52.6 Å². The molecular weight excluding hydrogens is 381 g/mol. The molecular formula is C17H13F3N4O2S. The first-order chi connectivity index (χ1) is 12.7. The number of amides is 1. The van der Waals surface area contributed by atoms with E-state index in [4.69, 9.17) is 5.73 Å². The Morgan fingerprint density at radius 2 is 1.93 bits per heavy atom. The van der Waals surface area contributed by atoms with E-state index < -0.39 is 29.8 Å². The van der Waals surface area contributed by atoms with Crippen LogP contribution in [0.4, 0.5) is 24.5 Å². The van der Waals surface area contributed by atoms with Crippen LogP contribution in [0.2, 0.25) is 0 Å². The fourth-order valence-corrected chi connectivity index (χ4v) is 2.97. The first kappa shape index (κ1) is 18.6. The third-order valence-electron chi connectivity index (χ3n) is 3.57. The largest absolute Gasteiger partial charge is 0.416 e. The molecule has 27 heavy (non-hydrogen) atoms. The summed E-state index contributed by atoms with van der Waals surface area (Å²) in [6, 6.07) is 9.01. The lowest BCUT2D eigenvalue weighted by atomic mass is 10.2. The molecule has 3 rings (SSSR count). The maximum Gasteiger partial charge on any atom is 0.416 e. The minimum Gasteiger partial charge on any atom is -0.394 e. The van der Waals surface area contributed by atoms with E-state index in [1.165, 1.54) is 17.4 Å². The third kappa shape index (κ3) is 4.34. The Morgan fingerprint density at radius 3 is 2.52 bits per heavy atom. The van der Waals surface area contributed by atoms with Gasteiger partial charge >= 0.3 is 6.18 Å². The monoisotopic (exact) mass is 394 g/mol. The van der Waals surface area contributed by atoms with Crippen molar-refractivity contribution in [2.45, 2.75) is 12.7 Å². The Bertz CT molecular complexity index is 1010. The van der Waals surface area contributed by atoms with Crippen molar-refractivity contribution in [1.82, 2.24) is 9.78 Å². The summed E-state index contributed by atoms with van der Waals surface area (Å²) >= 11 is 1.40. The summed E-state index contributed by atoms with van der Waals surface area (Å²) in [5.74, 6) is -0.618. The second-order valence-corrected chi connectivity index (χ2v) is 6.50. The maximum absolute atomic E-state index is 12.6. The highest BCUT2D eigenvalue weighted by atomic mass is 32.1. The number of rotatable bonds is 4. The molecule has 0 fully saturated rings. The van der Waals surface area contributed by atoms with Crippen molar-refractivity contribution in [2.24, 2.45) is 0 Å². The molecule has 0 bridgehead atoms. The normalized spacial score (nSPS) is 11.4. The summed E-state index contributed by atoms with van der Waals surface area (Å²) in [6.45, 7) is -0.427. The SMILES string of the molecule is Nc1cc(-c2cccs2)nn(CC(=O)Nc2ccc(C(F)(F)F)cc2)c1=O. The molecule has 0 aliphatic heterocycles. The van der Waals surface area contributed by atoms with E-state index in [1.807, 2.05) is 11.4 Å². The zero-order valence-electron chi connectivity index (χ0n) is 13.7. The minimum atomic E-state index is -4.46. The molecule has 140 valence electrons. The van der Waals surface area contributed by atoms with Crippen molar-refractivity contribution in [3.8, 4) is 10.6 Å². The first-order valence-electron chi connectivity index (χ1n) is 7.62. The molecule has 0 aliphatic carbocycles. The van der Waals surface area contributed by atoms with Crippen LogP contribution in [-0.4, -0.2) is 15.7 Å². The van der Waals surface area contributed by atoms with Crippen LogP contribution < -0.4 is 16.6 Å². The predicted octanol–water partition coefficient (Wildman–Crippen LogP) is 3.21. The Balaban J connectivity index is 1.77. The highest BCUT2D eigenvalue weighted by Crippen LogP contribution is 2.29. The Labute approximate surface area is 155 Å². The average molecular weight is 394 g/mol. The lowest BCUT2D eigenvalue weighted by molar-refractivity contribution is -0.137. The fraction of sp³-hybridized carbons (Fsp3) is 0.118. The molecule has 0 saturated heterocycles. The molecule has 0 atom stereocenters. The number of nitrogens with zero attached hydrogens (tertiary/aromatic N) is 2. The van der Waals surface area contributed by atoms with E-state index in [-0.39, 0.29) is 11.4 Å². The maximum atomic E-state index is 12.6. The average Bonchev–Trinajstić information content (AvgIpc) is 3.13. The van der Waals surface area contributed by atoms with Crippen molar-refractivity contribution in [2.75, 3.05) is 11.1 Å². The van der Waals surface area contributed by atoms with E-state index >= 15 is 0 Å². The van der Waals surface area contributed by atoms with Crippen LogP contribution in [0, 0.1) is 0 Å². The van der Waals surface area contributed by atoms with Crippen molar-refractivity contribution in [3.05, 3.63) is 63.8 Å². The van der Waals surface area contributed by atoms with Gasteiger partial charge in [-0.05, 0) is 41.8 Å². The molecule has 0 spiro atoms. The number of nitrogens with one attached hydrogen (secondary N) is 1. The summed E-state index contributed by atoms with van der Waals surface area (Å²) < 4.78 is 38.6. The Morgan fingerprint density at radius 1 is 1.22 bits per heavy atom. The number of carbonyl (C=O) groups is 1. The van der Waals surface area contributed by atoms with Crippen molar-refractivity contribution >= 4 is 28.6 Å². The smallest absolute Gasteiger partial charge is 0.394 e. The number of hydrogen-bond donors (Lipinski definition) is 2. The van der Waals surface area contributed by atoms with E-state index in [1.54, 1.807) is 6.07 Å². The van der Waals surface area contributed by atoms with Gasteiger partial charge in [-0.1, -0.05) is 6.07 Å². The quantitative estimate of drug-likeness (QED) is 0.711. The lowest BCUT2D eigenvalue weighted by Gasteiger charge is -2.10. The molecule has 0 unspecified atom stereocenters. The Hall–Kier alpha value is -3.14. The molecule has 1 aromatic carbocycles. The van der Waals surface area contributed by atoms with Gasteiger partial charge in [0.2, 0.25) is 5.91 Å². The molecule has 6 nitrogen and oxygen atoms in total. The Kier molecular flexibility index (Phi) is 5.00. The van der Waals surface area contributed by atoms with Crippen LogP contribution in [0.1, 0.15) is 5.56 Å². The molecule has 3 aromatic rings. The van der Waals surface area contributed by atoms with Gasteiger partial charge in [-0.2, -0.15) is 18.3 Å². The molecule has 2 aromatic heterocycles. The van der Waals surface area contributed by atoms with Gasteiger partial charge in [0.1, 0.15) is 17.9 Å². The van der Waals surface area contributed by atoms with Crippen molar-refractivity contribution in [1.29, 1.82) is 0 Å². The van der Waals surface area contributed by atoms with Crippen LogP contribution in [0.25, 0.3) is 10.6 Å². The van der Waals surface area contributed by atoms with Gasteiger partial charge in [0.15, 0.2) is 0 Å². The zero-order valence-corrected chi connectivity index (χ0v) is 14.5. The number of thiophene rings is 1. The van der Waals surface area contributed by atoms with E-state index in [0.29, 0.717) is 5.69 Å². The molecule has 0 aliphatic rings. The number of nitrogens with two attached hydrogens (primary N) is 1. The van der Waals surface area contributed by atoms with Crippen molar-refractivity contribution in [3.63, 3.8) is 0 Å². The number of hydrogen-bond acceptors (Lipinski definition) is 5. The number of benzene rings is 1. The molecule has 0 radical (unpaired) electrons. The molecule has 3 N–H and O–H groups in total. The van der Waals surface area contributed by atoms with E-state index in [2.05, 4.69) is 10.4 Å². The van der Waals surface area contributed by atoms with E-state index in [0.717, 1.165) is 33.8 Å². The number of anilines is 2. The van der Waals surface area contributed by atoms with Crippen LogP contribution in [-0.2, 0) is 17.5 Å². The van der Waals surface area contributed by atoms with Gasteiger partial charge in [0, 0.05) is 5.69 Å². The molecule has 1 amide bonds. The van der Waals surface area contributed by atoms with Gasteiger partial charge in [-0.3, -0.25) is 9.59 Å². The topological polar surface area (TPSA) is 90.0 Å². The van der Waals surface area contributed by atoms with Crippen molar-refractivity contribution < 1.29 is 18.0 Å². The minimum absolute atomic E-state index is 0.0595. The summed E-state index contributed by atoms with van der Waals surface area (Å²) in [5, 5.41) is 8.39. The predicted molar refractivity (Wildman–Crippen MR) is 96.3 cm³/mol. The number of alkyl halides is 3. The summed E-state index contributed by atoms with van der Waals surface area (Å²) in [4.78, 5) is 25.0. The summed E-state index contributed by atoms with van der Waals surface area (Å²) in [5.41, 5.74) is 4.81. The summed E-state index contributed by atoms with van der Waals surface area (Å²) in [7, 11) is 0. The third-order valence-corrected chi connectivity index (χ3v) is 4.46. The number of nitrogen functional groups attached to an aromatic ring is 1. The fourth-order valence-electron chi connectivity index (χ4n) is 2.29. The van der Waals surface area contributed by atoms with Crippen LogP contribution >= 0.6 is 11.3 Å². The second kappa shape index (κ2) is 7.23. The van der Waals surface area contributed by atoms with Gasteiger partial charge in [-0.25, -0.2) is 4.68 Å². The summed E-state index contributed by atoms with van der Waals surface area (Å²) in [6.07, 6.45) is -4.46. The second-order valence-electron chi connectivity index (χ2n) is 5.55. The van der Waals surface area contributed by atoms with Crippen LogP contribution in [0.5, 0.6) is 0 Å². The first-order valence-corrected chi connectivity index (χ1v) is 8.50. The van der Waals surface area contributed by atoms with E-state index in [9.17, 15) is 22.8 Å². The standard InChI is InChI=1S/C17H13F3N4O2S/c18-17(19,20)10-3-5-11(6-4-10)22-15(25)9-24-16(26)12(21)8-13(23-24)14-2-1-7-27-14/h1-8H,9,21H2,(H,22,25). The lowest BCUT2D eigenvalue weighted by Crippen LogP contribution is -2.31. The highest BCUT2D eigenvalue weighted by Gasteiger charge is 2.30. The van der Waals surface area contributed by atoms with Crippen LogP contribution in [0.3, 0.4) is 0 Å². The number of halogens is 3. The van der Waals surface area contributed by atoms with Gasteiger partial charge in [0.05, 0.1) is 10.4 Å². The number of aromatic nitrogens is 2. The molecule has 10 heteroatoms. The van der Waals surface area contributed by atoms with Gasteiger partial charge < -0.3 is 11.1 Å². The molecule has 0 saturated carbocycles. The zero-order chi connectivity index (χ0) is 19.6. The number of carbonyl (C=O) groups excluding carboxylic acids is 1. The molecule has 2 heterocycles. The van der Waals surface area contributed by atoms with Gasteiger partial charge in [-0.15, -0.1) is 11.3 Å².